The van der Waals surface area contributed by atoms with Crippen LogP contribution in [0.15, 0.2) is 71.1 Å². The molecule has 2 heterocycles. The van der Waals surface area contributed by atoms with E-state index in [1.54, 1.807) is 43.3 Å². The molecule has 0 radical (unpaired) electrons. The topological polar surface area (TPSA) is 106 Å². The molecule has 10 heteroatoms. The first-order valence-corrected chi connectivity index (χ1v) is 11.4. The van der Waals surface area contributed by atoms with Gasteiger partial charge in [-0.2, -0.15) is 4.80 Å². The number of benzene rings is 2. The number of nitrogens with one attached hydrogen (secondary N) is 1. The summed E-state index contributed by atoms with van der Waals surface area (Å²) >= 11 is 0. The number of carbonyl (C=O) groups is 2. The van der Waals surface area contributed by atoms with Crippen LogP contribution in [-0.2, 0) is 16.1 Å². The predicted molar refractivity (Wildman–Crippen MR) is 131 cm³/mol. The van der Waals surface area contributed by atoms with E-state index in [2.05, 4.69) is 20.7 Å². The second-order valence-electron chi connectivity index (χ2n) is 9.35. The van der Waals surface area contributed by atoms with Gasteiger partial charge in [0.1, 0.15) is 24.2 Å². The SMILES string of the molecule is Cc1ccc(-c2nnn(CC(=O)N(c3ccccc3)[C@H](C(=O)NC(C)(C)C)c3ccc(F)cc3)n2)o1. The highest BCUT2D eigenvalue weighted by molar-refractivity contribution is 6.01. The normalized spacial score (nSPS) is 12.2. The largest absolute Gasteiger partial charge is 0.458 e. The summed E-state index contributed by atoms with van der Waals surface area (Å²) in [6, 6.07) is 16.7. The Bertz CT molecular complexity index is 1340. The van der Waals surface area contributed by atoms with Crippen molar-refractivity contribution in [3.05, 3.63) is 83.9 Å². The maximum atomic E-state index is 13.7. The number of rotatable bonds is 7. The molecule has 0 fully saturated rings. The van der Waals surface area contributed by atoms with Crippen molar-refractivity contribution < 1.29 is 18.4 Å². The summed E-state index contributed by atoms with van der Waals surface area (Å²) in [6.07, 6.45) is 0. The minimum absolute atomic E-state index is 0.239. The fourth-order valence-electron chi connectivity index (χ4n) is 3.69. The number of furan rings is 1. The molecule has 36 heavy (non-hydrogen) atoms. The van der Waals surface area contributed by atoms with Crippen molar-refractivity contribution in [3.8, 4) is 11.6 Å². The highest BCUT2D eigenvalue weighted by Crippen LogP contribution is 2.29. The van der Waals surface area contributed by atoms with Crippen LogP contribution in [0.4, 0.5) is 10.1 Å². The van der Waals surface area contributed by atoms with Gasteiger partial charge in [-0.3, -0.25) is 14.5 Å². The summed E-state index contributed by atoms with van der Waals surface area (Å²) in [5, 5.41) is 15.2. The highest BCUT2D eigenvalue weighted by atomic mass is 19.1. The molecule has 2 aromatic carbocycles. The Labute approximate surface area is 207 Å². The molecule has 0 aliphatic carbocycles. The van der Waals surface area contributed by atoms with Gasteiger partial charge >= 0.3 is 0 Å². The van der Waals surface area contributed by atoms with E-state index in [0.29, 0.717) is 22.8 Å². The van der Waals surface area contributed by atoms with Crippen LogP contribution in [0.5, 0.6) is 0 Å². The predicted octanol–water partition coefficient (Wildman–Crippen LogP) is 4.07. The molecule has 1 N–H and O–H groups in total. The lowest BCUT2D eigenvalue weighted by molar-refractivity contribution is -0.128. The molecule has 186 valence electrons. The van der Waals surface area contributed by atoms with E-state index in [1.165, 1.54) is 29.2 Å². The Balaban J connectivity index is 1.72. The second kappa shape index (κ2) is 10.1. The summed E-state index contributed by atoms with van der Waals surface area (Å²) in [4.78, 5) is 29.8. The third-order valence-corrected chi connectivity index (χ3v) is 5.18. The second-order valence-corrected chi connectivity index (χ2v) is 9.35. The maximum Gasteiger partial charge on any atom is 0.251 e. The maximum absolute atomic E-state index is 13.7. The van der Waals surface area contributed by atoms with Crippen LogP contribution >= 0.6 is 0 Å². The van der Waals surface area contributed by atoms with Crippen LogP contribution in [0.3, 0.4) is 0 Å². The van der Waals surface area contributed by atoms with Crippen LogP contribution in [0.2, 0.25) is 0 Å². The smallest absolute Gasteiger partial charge is 0.251 e. The van der Waals surface area contributed by atoms with Gasteiger partial charge in [-0.25, -0.2) is 4.39 Å². The van der Waals surface area contributed by atoms with Crippen molar-refractivity contribution in [2.24, 2.45) is 0 Å². The number of para-hydroxylation sites is 1. The first-order chi connectivity index (χ1) is 17.1. The molecule has 0 spiro atoms. The molecular weight excluding hydrogens is 463 g/mol. The zero-order valence-electron chi connectivity index (χ0n) is 20.5. The van der Waals surface area contributed by atoms with Gasteiger partial charge in [0.25, 0.3) is 5.91 Å². The van der Waals surface area contributed by atoms with Crippen molar-refractivity contribution in [1.82, 2.24) is 25.5 Å². The Kier molecular flexibility index (Phi) is 6.96. The molecular formula is C26H27FN6O3. The van der Waals surface area contributed by atoms with Crippen LogP contribution in [-0.4, -0.2) is 37.6 Å². The Morgan fingerprint density at radius 2 is 1.75 bits per heavy atom. The molecule has 0 bridgehead atoms. The van der Waals surface area contributed by atoms with Crippen LogP contribution in [0, 0.1) is 12.7 Å². The van der Waals surface area contributed by atoms with E-state index < -0.39 is 29.2 Å². The minimum Gasteiger partial charge on any atom is -0.458 e. The minimum atomic E-state index is -1.07. The molecule has 1 atom stereocenters. The van der Waals surface area contributed by atoms with Gasteiger partial charge in [0, 0.05) is 11.2 Å². The van der Waals surface area contributed by atoms with Gasteiger partial charge in [-0.1, -0.05) is 30.3 Å². The van der Waals surface area contributed by atoms with E-state index in [0.717, 1.165) is 4.80 Å². The molecule has 2 amide bonds. The fourth-order valence-corrected chi connectivity index (χ4v) is 3.69. The lowest BCUT2D eigenvalue weighted by Crippen LogP contribution is -2.50. The average molecular weight is 491 g/mol. The average Bonchev–Trinajstić information content (AvgIpc) is 3.46. The lowest BCUT2D eigenvalue weighted by atomic mass is 10.0. The summed E-state index contributed by atoms with van der Waals surface area (Å²) in [7, 11) is 0. The number of carbonyl (C=O) groups excluding carboxylic acids is 2. The Morgan fingerprint density at radius 1 is 1.06 bits per heavy atom. The fraction of sp³-hybridized carbons (Fsp3) is 0.269. The molecule has 0 saturated heterocycles. The van der Waals surface area contributed by atoms with Crippen molar-refractivity contribution in [2.45, 2.75) is 45.8 Å². The number of anilines is 1. The van der Waals surface area contributed by atoms with Gasteiger partial charge in [-0.15, -0.1) is 10.2 Å². The monoisotopic (exact) mass is 490 g/mol. The number of aryl methyl sites for hydroxylation is 1. The summed E-state index contributed by atoms with van der Waals surface area (Å²) in [5.74, 6) is 0.0462. The zero-order chi connectivity index (χ0) is 25.9. The van der Waals surface area contributed by atoms with Gasteiger partial charge in [0.15, 0.2) is 5.76 Å². The zero-order valence-corrected chi connectivity index (χ0v) is 20.5. The van der Waals surface area contributed by atoms with Crippen LogP contribution in [0.25, 0.3) is 11.6 Å². The van der Waals surface area contributed by atoms with E-state index in [-0.39, 0.29) is 12.4 Å². The van der Waals surface area contributed by atoms with Crippen molar-refractivity contribution in [1.29, 1.82) is 0 Å². The molecule has 0 unspecified atom stereocenters. The van der Waals surface area contributed by atoms with Crippen molar-refractivity contribution in [2.75, 3.05) is 4.90 Å². The van der Waals surface area contributed by atoms with Crippen LogP contribution in [0.1, 0.15) is 38.1 Å². The van der Waals surface area contributed by atoms with Gasteiger partial charge in [-0.05, 0) is 74.9 Å². The first-order valence-electron chi connectivity index (χ1n) is 11.4. The number of tetrazole rings is 1. The molecule has 4 aromatic rings. The van der Waals surface area contributed by atoms with Crippen molar-refractivity contribution in [3.63, 3.8) is 0 Å². The number of nitrogens with zero attached hydrogens (tertiary/aromatic N) is 5. The summed E-state index contributed by atoms with van der Waals surface area (Å²) in [5.41, 5.74) is 0.376. The first kappa shape index (κ1) is 24.8. The molecule has 0 saturated carbocycles. The molecule has 2 aromatic heterocycles. The van der Waals surface area contributed by atoms with Crippen molar-refractivity contribution >= 4 is 17.5 Å². The standard InChI is InChI=1S/C26H27FN6O3/c1-17-10-15-21(36-17)24-29-31-32(30-24)16-22(34)33(20-8-6-5-7-9-20)23(25(35)28-26(2,3)4)18-11-13-19(27)14-12-18/h5-15,23H,16H2,1-4H3,(H,28,35)/t23-/m0/s1. The van der Waals surface area contributed by atoms with E-state index in [1.807, 2.05) is 26.8 Å². The molecule has 9 nitrogen and oxygen atoms in total. The Hall–Kier alpha value is -4.34. The summed E-state index contributed by atoms with van der Waals surface area (Å²) < 4.78 is 19.3. The number of amides is 2. The van der Waals surface area contributed by atoms with Crippen LogP contribution < -0.4 is 10.2 Å². The number of aromatic nitrogens is 4. The third kappa shape index (κ3) is 5.83. The van der Waals surface area contributed by atoms with E-state index in [9.17, 15) is 14.0 Å². The Morgan fingerprint density at radius 3 is 2.36 bits per heavy atom. The van der Waals surface area contributed by atoms with Gasteiger partial charge in [0.2, 0.25) is 11.7 Å². The van der Waals surface area contributed by atoms with Gasteiger partial charge in [0.05, 0.1) is 0 Å². The molecule has 4 rings (SSSR count). The van der Waals surface area contributed by atoms with E-state index in [4.69, 9.17) is 4.42 Å². The lowest BCUT2D eigenvalue weighted by Gasteiger charge is -2.33. The van der Waals surface area contributed by atoms with Gasteiger partial charge < -0.3 is 9.73 Å². The molecule has 0 aliphatic rings. The number of hydrogen-bond donors (Lipinski definition) is 1. The molecule has 0 aliphatic heterocycles. The third-order valence-electron chi connectivity index (χ3n) is 5.18. The number of hydrogen-bond acceptors (Lipinski definition) is 6. The van der Waals surface area contributed by atoms with E-state index >= 15 is 0 Å². The highest BCUT2D eigenvalue weighted by Gasteiger charge is 2.34. The number of halogens is 1. The quantitative estimate of drug-likeness (QED) is 0.419. The summed E-state index contributed by atoms with van der Waals surface area (Å²) in [6.45, 7) is 7.05.